The number of sulfonamides is 1. The van der Waals surface area contributed by atoms with Gasteiger partial charge in [0.15, 0.2) is 0 Å². The standard InChI is InChI=1S/C42H53N5O9S2/c1-24(2)55-35-21-33(29-15-16-32(54-6)26(4)36(29)44-35)56-28-20-31-37(48)45-42(40(51)46-58(52,53)41(5)18-19-41)22-27(42)12-10-8-7-9-11-13-30(39(50)47(31)23-28)43-38(49)34-17-14-25(3)57-34/h10,12,14-17,21,24,27-28,30-31H,7-9,11,13,18-20,22-23H2,1-6H3,(H,43,49)(H,45,48)(H,46,51)/t27-,28-,30+,31+,42-/m1/s1. The molecule has 14 nitrogen and oxygen atoms in total. The highest BCUT2D eigenvalue weighted by molar-refractivity contribution is 7.91. The third-order valence-corrected chi connectivity index (χ3v) is 14.9. The van der Waals surface area contributed by atoms with Crippen molar-refractivity contribution in [3.63, 3.8) is 0 Å². The molecule has 7 rings (SSSR count). The number of carbonyl (C=O) groups is 4. The maximum absolute atomic E-state index is 14.8. The SMILES string of the molecule is COc1ccc2c(O[C@@H]3C[C@H]4C(=O)N[C@]5(C(=O)NS(=O)(=O)C6(C)CC6)C[C@H]5C=CCCCCC[C@H](NC(=O)c5ccc(C)s5)C(=O)N4C3)cc(OC(C)C)nc2c1C. The van der Waals surface area contributed by atoms with E-state index in [0.29, 0.717) is 65.3 Å². The molecule has 3 aromatic rings. The van der Waals surface area contributed by atoms with Crippen molar-refractivity contribution in [3.05, 3.63) is 57.8 Å². The molecule has 4 amide bonds. The normalized spacial score (nSPS) is 25.8. The summed E-state index contributed by atoms with van der Waals surface area (Å²) in [6.07, 6.45) is 7.37. The Kier molecular flexibility index (Phi) is 11.5. The van der Waals surface area contributed by atoms with E-state index in [9.17, 15) is 27.6 Å². The summed E-state index contributed by atoms with van der Waals surface area (Å²) >= 11 is 1.33. The number of fused-ring (bicyclic) bond motifs is 3. The number of benzene rings is 1. The number of thiophene rings is 1. The average molecular weight is 836 g/mol. The molecule has 0 bridgehead atoms. The molecule has 0 unspecified atom stereocenters. The topological polar surface area (TPSA) is 182 Å². The lowest BCUT2D eigenvalue weighted by Crippen LogP contribution is -2.58. The largest absolute Gasteiger partial charge is 0.496 e. The van der Waals surface area contributed by atoms with Gasteiger partial charge in [0.2, 0.25) is 27.7 Å². The van der Waals surface area contributed by atoms with Crippen LogP contribution in [0.25, 0.3) is 10.9 Å². The van der Waals surface area contributed by atoms with Crippen LogP contribution in [-0.4, -0.2) is 90.2 Å². The van der Waals surface area contributed by atoms with Crippen LogP contribution in [0.15, 0.2) is 42.5 Å². The lowest BCUT2D eigenvalue weighted by molar-refractivity contribution is -0.141. The van der Waals surface area contributed by atoms with Crippen LogP contribution < -0.4 is 29.6 Å². The molecule has 312 valence electrons. The van der Waals surface area contributed by atoms with Crippen LogP contribution in [0.1, 0.15) is 98.7 Å². The van der Waals surface area contributed by atoms with Gasteiger partial charge in [-0.15, -0.1) is 11.3 Å². The molecule has 2 aliphatic heterocycles. The van der Waals surface area contributed by atoms with Crippen molar-refractivity contribution in [2.75, 3.05) is 13.7 Å². The number of rotatable bonds is 10. The van der Waals surface area contributed by atoms with Crippen molar-refractivity contribution in [2.24, 2.45) is 5.92 Å². The lowest BCUT2D eigenvalue weighted by Gasteiger charge is -2.30. The van der Waals surface area contributed by atoms with Crippen molar-refractivity contribution < 1.29 is 41.8 Å². The first kappa shape index (κ1) is 41.5. The minimum absolute atomic E-state index is 0.00398. The molecule has 4 aliphatic rings. The fraction of sp³-hybridized carbons (Fsp3) is 0.548. The van der Waals surface area contributed by atoms with Crippen molar-refractivity contribution in [1.29, 1.82) is 0 Å². The minimum atomic E-state index is -4.00. The predicted octanol–water partition coefficient (Wildman–Crippen LogP) is 5.25. The quantitative estimate of drug-likeness (QED) is 0.228. The van der Waals surface area contributed by atoms with Crippen molar-refractivity contribution in [2.45, 2.75) is 127 Å². The Balaban J connectivity index is 1.23. The molecule has 0 spiro atoms. The summed E-state index contributed by atoms with van der Waals surface area (Å²) in [6.45, 7) is 9.16. The van der Waals surface area contributed by atoms with Crippen LogP contribution in [0.3, 0.4) is 0 Å². The average Bonchev–Trinajstić information content (AvgIpc) is 3.97. The summed E-state index contributed by atoms with van der Waals surface area (Å²) in [5, 5.41) is 6.57. The van der Waals surface area contributed by atoms with Crippen molar-refractivity contribution >= 4 is 55.9 Å². The predicted molar refractivity (Wildman–Crippen MR) is 220 cm³/mol. The van der Waals surface area contributed by atoms with Crippen LogP contribution >= 0.6 is 11.3 Å². The summed E-state index contributed by atoms with van der Waals surface area (Å²) in [5.41, 5.74) is -0.135. The first-order valence-electron chi connectivity index (χ1n) is 20.1. The van der Waals surface area contributed by atoms with Gasteiger partial charge >= 0.3 is 0 Å². The molecule has 2 aromatic heterocycles. The zero-order chi connectivity index (χ0) is 41.6. The summed E-state index contributed by atoms with van der Waals surface area (Å²) < 4.78 is 46.0. The number of aromatic nitrogens is 1. The van der Waals surface area contributed by atoms with Crippen LogP contribution in [0.2, 0.25) is 0 Å². The number of carbonyl (C=O) groups excluding carboxylic acids is 4. The smallest absolute Gasteiger partial charge is 0.262 e. The molecule has 1 aromatic carbocycles. The molecule has 58 heavy (non-hydrogen) atoms. The van der Waals surface area contributed by atoms with E-state index < -0.39 is 62.1 Å². The van der Waals surface area contributed by atoms with Gasteiger partial charge in [-0.05, 0) is 97.4 Å². The van der Waals surface area contributed by atoms with Gasteiger partial charge in [-0.1, -0.05) is 25.0 Å². The Morgan fingerprint density at radius 1 is 1.07 bits per heavy atom. The third-order valence-electron chi connectivity index (χ3n) is 11.7. The first-order valence-corrected chi connectivity index (χ1v) is 22.4. The second-order valence-electron chi connectivity index (χ2n) is 16.6. The van der Waals surface area contributed by atoms with Crippen molar-refractivity contribution in [1.82, 2.24) is 25.2 Å². The van der Waals surface area contributed by atoms with Crippen molar-refractivity contribution in [3.8, 4) is 17.4 Å². The van der Waals surface area contributed by atoms with Gasteiger partial charge in [0.1, 0.15) is 35.2 Å². The highest BCUT2D eigenvalue weighted by Gasteiger charge is 2.63. The fourth-order valence-corrected chi connectivity index (χ4v) is 9.97. The molecule has 4 heterocycles. The number of hydrogen-bond acceptors (Lipinski definition) is 11. The Bertz CT molecular complexity index is 2250. The summed E-state index contributed by atoms with van der Waals surface area (Å²) in [4.78, 5) is 64.4. The number of nitrogens with one attached hydrogen (secondary N) is 3. The van der Waals surface area contributed by atoms with Crippen LogP contribution in [0.5, 0.6) is 17.4 Å². The summed E-state index contributed by atoms with van der Waals surface area (Å²) in [7, 11) is -2.42. The number of aryl methyl sites for hydroxylation is 2. The Morgan fingerprint density at radius 2 is 1.84 bits per heavy atom. The minimum Gasteiger partial charge on any atom is -0.496 e. The van der Waals surface area contributed by atoms with E-state index in [4.69, 9.17) is 19.2 Å². The lowest BCUT2D eigenvalue weighted by atomic mass is 10.0. The number of nitrogens with zero attached hydrogens (tertiary/aromatic N) is 2. The van der Waals surface area contributed by atoms with Crippen LogP contribution in [0, 0.1) is 19.8 Å². The third kappa shape index (κ3) is 8.40. The van der Waals surface area contributed by atoms with E-state index in [1.54, 1.807) is 26.2 Å². The Morgan fingerprint density at radius 3 is 2.53 bits per heavy atom. The van der Waals surface area contributed by atoms with Gasteiger partial charge in [0, 0.05) is 34.2 Å². The molecule has 2 aliphatic carbocycles. The highest BCUT2D eigenvalue weighted by atomic mass is 32.2. The molecular formula is C42H53N5O9S2. The van der Waals surface area contributed by atoms with Gasteiger partial charge in [-0.25, -0.2) is 13.4 Å². The van der Waals surface area contributed by atoms with E-state index in [0.717, 1.165) is 23.3 Å². The molecule has 0 radical (unpaired) electrons. The second-order valence-corrected chi connectivity index (χ2v) is 20.0. The van der Waals surface area contributed by atoms with Crippen LogP contribution in [-0.2, 0) is 24.4 Å². The van der Waals surface area contributed by atoms with E-state index in [-0.39, 0.29) is 31.4 Å². The van der Waals surface area contributed by atoms with E-state index in [1.165, 1.54) is 16.2 Å². The van der Waals surface area contributed by atoms with E-state index in [2.05, 4.69) is 15.4 Å². The molecule has 3 fully saturated rings. The number of ether oxygens (including phenoxy) is 3. The maximum atomic E-state index is 14.8. The van der Waals surface area contributed by atoms with Crippen LogP contribution in [0.4, 0.5) is 0 Å². The number of hydrogen-bond donors (Lipinski definition) is 3. The van der Waals surface area contributed by atoms with Gasteiger partial charge in [0.25, 0.3) is 11.8 Å². The van der Waals surface area contributed by atoms with Gasteiger partial charge < -0.3 is 29.7 Å². The molecular weight excluding hydrogens is 783 g/mol. The van der Waals surface area contributed by atoms with E-state index >= 15 is 0 Å². The molecule has 2 saturated carbocycles. The van der Waals surface area contributed by atoms with Gasteiger partial charge in [-0.3, -0.25) is 23.9 Å². The van der Waals surface area contributed by atoms with E-state index in [1.807, 2.05) is 58.0 Å². The molecule has 3 N–H and O–H groups in total. The Hall–Kier alpha value is -4.70. The Labute approximate surface area is 343 Å². The van der Waals surface area contributed by atoms with Gasteiger partial charge in [-0.2, -0.15) is 0 Å². The second kappa shape index (κ2) is 16.2. The molecule has 16 heteroatoms. The number of amides is 4. The molecule has 5 atom stereocenters. The fourth-order valence-electron chi connectivity index (χ4n) is 7.89. The zero-order valence-electron chi connectivity index (χ0n) is 33.9. The first-order chi connectivity index (χ1) is 27.5. The monoisotopic (exact) mass is 835 g/mol. The number of methoxy groups -OCH3 is 1. The summed E-state index contributed by atoms with van der Waals surface area (Å²) in [5.74, 6) is -1.26. The zero-order valence-corrected chi connectivity index (χ0v) is 35.5. The summed E-state index contributed by atoms with van der Waals surface area (Å²) in [6, 6.07) is 6.87. The molecule has 1 saturated heterocycles. The number of pyridine rings is 1. The highest BCUT2D eigenvalue weighted by Crippen LogP contribution is 2.47. The van der Waals surface area contributed by atoms with Gasteiger partial charge in [0.05, 0.1) is 34.9 Å². The number of allylic oxidation sites excluding steroid dienone is 1. The maximum Gasteiger partial charge on any atom is 0.262 e.